The molecule has 0 radical (unpaired) electrons. The topological polar surface area (TPSA) is 78.9 Å². The van der Waals surface area contributed by atoms with E-state index >= 15 is 0 Å². The lowest BCUT2D eigenvalue weighted by Gasteiger charge is -2.18. The maximum Gasteiger partial charge on any atom is 0.306 e. The first kappa shape index (κ1) is 67.6. The highest BCUT2D eigenvalue weighted by atomic mass is 16.6. The van der Waals surface area contributed by atoms with Crippen LogP contribution in [0.4, 0.5) is 0 Å². The summed E-state index contributed by atoms with van der Waals surface area (Å²) in [5.74, 6) is -0.868. The zero-order valence-corrected chi connectivity index (χ0v) is 47.1. The van der Waals surface area contributed by atoms with Crippen molar-refractivity contribution in [3.8, 4) is 0 Å². The fourth-order valence-electron chi connectivity index (χ4n) is 9.18. The van der Waals surface area contributed by atoms with Gasteiger partial charge in [0.2, 0.25) is 0 Å². The SMILES string of the molecule is CCCCC/C=C/C/C=C/CCCCCCCC(=O)OC[C@H](COC(=O)CCCCCCCCCCC/C=C/CCCCCCCC)OC(=O)CCCCCCCCCCCCCCCCCCCC. The van der Waals surface area contributed by atoms with E-state index in [9.17, 15) is 14.4 Å². The molecule has 1 atom stereocenters. The van der Waals surface area contributed by atoms with Crippen LogP contribution in [-0.4, -0.2) is 37.2 Å². The zero-order chi connectivity index (χ0) is 50.7. The molecule has 6 nitrogen and oxygen atoms in total. The Hall–Kier alpha value is -2.37. The van der Waals surface area contributed by atoms with Crippen molar-refractivity contribution >= 4 is 17.9 Å². The van der Waals surface area contributed by atoms with Gasteiger partial charge in [-0.3, -0.25) is 14.4 Å². The van der Waals surface area contributed by atoms with Crippen molar-refractivity contribution in [2.75, 3.05) is 13.2 Å². The molecule has 0 amide bonds. The first-order valence-electron chi connectivity index (χ1n) is 31.0. The molecule has 0 rings (SSSR count). The van der Waals surface area contributed by atoms with Crippen LogP contribution in [0.3, 0.4) is 0 Å². The summed E-state index contributed by atoms with van der Waals surface area (Å²) in [4.78, 5) is 38.3. The van der Waals surface area contributed by atoms with E-state index in [1.807, 2.05) is 0 Å². The van der Waals surface area contributed by atoms with Gasteiger partial charge in [-0.1, -0.05) is 276 Å². The maximum atomic E-state index is 12.9. The van der Waals surface area contributed by atoms with Gasteiger partial charge in [0, 0.05) is 19.3 Å². The molecule has 0 aliphatic carbocycles. The molecule has 410 valence electrons. The van der Waals surface area contributed by atoms with E-state index in [1.54, 1.807) is 0 Å². The van der Waals surface area contributed by atoms with Crippen LogP contribution in [0.25, 0.3) is 0 Å². The largest absolute Gasteiger partial charge is 0.462 e. The number of carbonyl (C=O) groups is 3. The molecule has 0 aliphatic rings. The number of carbonyl (C=O) groups excluding carboxylic acids is 3. The Balaban J connectivity index is 4.34. The summed E-state index contributed by atoms with van der Waals surface area (Å²) in [6, 6.07) is 0. The number of hydrogen-bond donors (Lipinski definition) is 0. The molecule has 0 aromatic rings. The van der Waals surface area contributed by atoms with E-state index in [-0.39, 0.29) is 31.1 Å². The van der Waals surface area contributed by atoms with E-state index in [2.05, 4.69) is 57.2 Å². The fraction of sp³-hybridized carbons (Fsp3) is 0.859. The first-order valence-corrected chi connectivity index (χ1v) is 31.0. The zero-order valence-electron chi connectivity index (χ0n) is 47.1. The third kappa shape index (κ3) is 56.5. The molecule has 0 unspecified atom stereocenters. The summed E-state index contributed by atoms with van der Waals surface area (Å²) in [5, 5.41) is 0. The van der Waals surface area contributed by atoms with Crippen LogP contribution in [0.5, 0.6) is 0 Å². The summed E-state index contributed by atoms with van der Waals surface area (Å²) in [7, 11) is 0. The Morgan fingerprint density at radius 3 is 0.829 bits per heavy atom. The number of hydrogen-bond acceptors (Lipinski definition) is 6. The third-order valence-electron chi connectivity index (χ3n) is 13.9. The van der Waals surface area contributed by atoms with Crippen LogP contribution in [0.15, 0.2) is 36.5 Å². The van der Waals surface area contributed by atoms with Crippen molar-refractivity contribution in [2.45, 2.75) is 341 Å². The molecule has 0 bridgehead atoms. The lowest BCUT2D eigenvalue weighted by atomic mass is 10.0. The molecule has 0 heterocycles. The summed E-state index contributed by atoms with van der Waals surface area (Å²) >= 11 is 0. The van der Waals surface area contributed by atoms with E-state index in [4.69, 9.17) is 14.2 Å². The van der Waals surface area contributed by atoms with Crippen LogP contribution in [0, 0.1) is 0 Å². The van der Waals surface area contributed by atoms with Gasteiger partial charge in [-0.15, -0.1) is 0 Å². The van der Waals surface area contributed by atoms with Crippen LogP contribution < -0.4 is 0 Å². The van der Waals surface area contributed by atoms with Crippen molar-refractivity contribution in [3.63, 3.8) is 0 Å². The second kappa shape index (κ2) is 59.2. The van der Waals surface area contributed by atoms with E-state index in [1.165, 1.54) is 218 Å². The van der Waals surface area contributed by atoms with Gasteiger partial charge in [-0.25, -0.2) is 0 Å². The van der Waals surface area contributed by atoms with Crippen molar-refractivity contribution in [2.24, 2.45) is 0 Å². The number of esters is 3. The molecule has 0 saturated heterocycles. The summed E-state index contributed by atoms with van der Waals surface area (Å²) in [6.45, 7) is 6.65. The minimum atomic E-state index is -0.776. The molecule has 0 aliphatic heterocycles. The normalized spacial score (nSPS) is 12.2. The molecule has 0 aromatic carbocycles. The highest BCUT2D eigenvalue weighted by Crippen LogP contribution is 2.17. The van der Waals surface area contributed by atoms with E-state index in [0.717, 1.165) is 77.0 Å². The monoisotopic (exact) mass is 983 g/mol. The van der Waals surface area contributed by atoms with Crippen LogP contribution in [-0.2, 0) is 28.6 Å². The minimum absolute atomic E-state index is 0.0738. The molecule has 0 saturated carbocycles. The van der Waals surface area contributed by atoms with Gasteiger partial charge in [-0.05, 0) is 77.0 Å². The number of rotatable bonds is 57. The van der Waals surface area contributed by atoms with Crippen molar-refractivity contribution in [3.05, 3.63) is 36.5 Å². The van der Waals surface area contributed by atoms with Crippen molar-refractivity contribution in [1.82, 2.24) is 0 Å². The summed E-state index contributed by atoms with van der Waals surface area (Å²) in [5.41, 5.74) is 0. The smallest absolute Gasteiger partial charge is 0.306 e. The third-order valence-corrected chi connectivity index (χ3v) is 13.9. The predicted octanol–water partition coefficient (Wildman–Crippen LogP) is 20.8. The number of ether oxygens (including phenoxy) is 3. The van der Waals surface area contributed by atoms with Gasteiger partial charge >= 0.3 is 17.9 Å². The molecular formula is C64H118O6. The second-order valence-electron chi connectivity index (χ2n) is 21.0. The van der Waals surface area contributed by atoms with Gasteiger partial charge < -0.3 is 14.2 Å². The Kier molecular flexibility index (Phi) is 57.2. The summed E-state index contributed by atoms with van der Waals surface area (Å²) in [6.07, 6.45) is 71.4. The van der Waals surface area contributed by atoms with Gasteiger partial charge in [0.05, 0.1) is 0 Å². The van der Waals surface area contributed by atoms with E-state index < -0.39 is 6.10 Å². The lowest BCUT2D eigenvalue weighted by molar-refractivity contribution is -0.167. The molecule has 0 spiro atoms. The standard InChI is InChI=1S/C64H118O6/c1-4-7-10-13-16-19-22-25-28-30-32-34-36-39-42-45-48-51-54-57-63(66)69-60-61(59-68-62(65)56-53-50-47-44-41-38-35-27-24-21-18-15-12-9-6-3)70-64(67)58-55-52-49-46-43-40-37-33-31-29-26-23-20-17-14-11-8-5-2/h18,21,25,27-28,35,61H,4-17,19-20,22-24,26,29-34,36-60H2,1-3H3/b21-18+,28-25+,35-27+/t61-/m1/s1. The predicted molar refractivity (Wildman–Crippen MR) is 302 cm³/mol. The van der Waals surface area contributed by atoms with Gasteiger partial charge in [0.1, 0.15) is 13.2 Å². The minimum Gasteiger partial charge on any atom is -0.462 e. The second-order valence-corrected chi connectivity index (χ2v) is 21.0. The number of allylic oxidation sites excluding steroid dienone is 6. The number of unbranched alkanes of at least 4 members (excludes halogenated alkanes) is 40. The van der Waals surface area contributed by atoms with Gasteiger partial charge in [-0.2, -0.15) is 0 Å². The van der Waals surface area contributed by atoms with Crippen LogP contribution in [0.1, 0.15) is 335 Å². The Morgan fingerprint density at radius 2 is 0.514 bits per heavy atom. The fourth-order valence-corrected chi connectivity index (χ4v) is 9.18. The molecule has 70 heavy (non-hydrogen) atoms. The molecule has 6 heteroatoms. The Labute approximate surface area is 435 Å². The Morgan fingerprint density at radius 1 is 0.286 bits per heavy atom. The average Bonchev–Trinajstić information content (AvgIpc) is 3.36. The summed E-state index contributed by atoms with van der Waals surface area (Å²) < 4.78 is 16.9. The van der Waals surface area contributed by atoms with Crippen molar-refractivity contribution < 1.29 is 28.6 Å². The van der Waals surface area contributed by atoms with Crippen molar-refractivity contribution in [1.29, 1.82) is 0 Å². The van der Waals surface area contributed by atoms with Gasteiger partial charge in [0.15, 0.2) is 6.10 Å². The van der Waals surface area contributed by atoms with E-state index in [0.29, 0.717) is 19.3 Å². The molecular weight excluding hydrogens is 865 g/mol. The Bertz CT molecular complexity index is 1170. The highest BCUT2D eigenvalue weighted by molar-refractivity contribution is 5.71. The quantitative estimate of drug-likeness (QED) is 0.0261. The maximum absolute atomic E-state index is 12.9. The molecule has 0 fully saturated rings. The van der Waals surface area contributed by atoms with Crippen LogP contribution >= 0.6 is 0 Å². The molecule has 0 aromatic heterocycles. The lowest BCUT2D eigenvalue weighted by Crippen LogP contribution is -2.30. The van der Waals surface area contributed by atoms with Crippen LogP contribution in [0.2, 0.25) is 0 Å². The highest BCUT2D eigenvalue weighted by Gasteiger charge is 2.19. The first-order chi connectivity index (χ1) is 34.5. The van der Waals surface area contributed by atoms with Gasteiger partial charge in [0.25, 0.3) is 0 Å². The average molecular weight is 984 g/mol. The molecule has 0 N–H and O–H groups in total.